The molecule has 0 amide bonds. The predicted octanol–water partition coefficient (Wildman–Crippen LogP) is 0.658. The van der Waals surface area contributed by atoms with Crippen LogP contribution in [0.3, 0.4) is 0 Å². The minimum absolute atomic E-state index is 0.164. The van der Waals surface area contributed by atoms with Crippen molar-refractivity contribution in [1.82, 2.24) is 15.5 Å². The fraction of sp³-hybridized carbons (Fsp3) is 0.667. The van der Waals surface area contributed by atoms with Gasteiger partial charge >= 0.3 is 0 Å². The first kappa shape index (κ1) is 7.21. The highest BCUT2D eigenvalue weighted by Crippen LogP contribution is 2.05. The van der Waals surface area contributed by atoms with Crippen molar-refractivity contribution in [2.24, 2.45) is 0 Å². The molecule has 0 bridgehead atoms. The van der Waals surface area contributed by atoms with Crippen molar-refractivity contribution in [2.75, 3.05) is 7.05 Å². The van der Waals surface area contributed by atoms with Crippen LogP contribution in [0.2, 0.25) is 0 Å². The van der Waals surface area contributed by atoms with Gasteiger partial charge in [-0.2, -0.15) is 4.98 Å². The molecule has 0 radical (unpaired) electrons. The number of rotatable bonds is 2. The van der Waals surface area contributed by atoms with Gasteiger partial charge in [-0.3, -0.25) is 0 Å². The summed E-state index contributed by atoms with van der Waals surface area (Å²) in [5, 5.41) is 6.75. The number of aromatic nitrogens is 2. The molecule has 1 aromatic heterocycles. The molecule has 10 heavy (non-hydrogen) atoms. The highest BCUT2D eigenvalue weighted by Gasteiger charge is 2.08. The Kier molecular flexibility index (Phi) is 2.01. The Hall–Kier alpha value is -0.900. The zero-order valence-corrected chi connectivity index (χ0v) is 6.38. The third kappa shape index (κ3) is 1.33. The molecule has 0 aliphatic heterocycles. The predicted molar refractivity (Wildman–Crippen MR) is 36.5 cm³/mol. The van der Waals surface area contributed by atoms with Gasteiger partial charge in [0.2, 0.25) is 5.89 Å². The zero-order chi connectivity index (χ0) is 7.56. The van der Waals surface area contributed by atoms with Gasteiger partial charge in [-0.1, -0.05) is 5.16 Å². The van der Waals surface area contributed by atoms with E-state index in [9.17, 15) is 0 Å². The van der Waals surface area contributed by atoms with Crippen LogP contribution in [0.4, 0.5) is 0 Å². The van der Waals surface area contributed by atoms with Gasteiger partial charge in [-0.25, -0.2) is 0 Å². The Morgan fingerprint density at radius 3 is 2.70 bits per heavy atom. The minimum atomic E-state index is 0.164. The summed E-state index contributed by atoms with van der Waals surface area (Å²) in [5.41, 5.74) is 0. The Morgan fingerprint density at radius 2 is 2.30 bits per heavy atom. The van der Waals surface area contributed by atoms with E-state index in [0.717, 1.165) is 0 Å². The standard InChI is InChI=1S/C6H11N3O/c1-4(7-3)6-8-5(2)10-9-6/h4,7H,1-3H3. The molecule has 1 atom stereocenters. The number of nitrogens with zero attached hydrogens (tertiary/aromatic N) is 2. The minimum Gasteiger partial charge on any atom is -0.340 e. The summed E-state index contributed by atoms with van der Waals surface area (Å²) in [6, 6.07) is 0.164. The van der Waals surface area contributed by atoms with Gasteiger partial charge in [-0.05, 0) is 14.0 Å². The van der Waals surface area contributed by atoms with Crippen LogP contribution >= 0.6 is 0 Å². The molecule has 1 aromatic rings. The summed E-state index contributed by atoms with van der Waals surface area (Å²) in [7, 11) is 1.86. The summed E-state index contributed by atoms with van der Waals surface area (Å²) in [6.45, 7) is 3.75. The van der Waals surface area contributed by atoms with Gasteiger partial charge in [0.15, 0.2) is 5.82 Å². The van der Waals surface area contributed by atoms with Crippen molar-refractivity contribution in [3.05, 3.63) is 11.7 Å². The van der Waals surface area contributed by atoms with Gasteiger partial charge in [0.05, 0.1) is 6.04 Å². The smallest absolute Gasteiger partial charge is 0.223 e. The van der Waals surface area contributed by atoms with E-state index in [1.54, 1.807) is 6.92 Å². The van der Waals surface area contributed by atoms with E-state index in [0.29, 0.717) is 11.7 Å². The second-order valence-corrected chi connectivity index (χ2v) is 2.18. The zero-order valence-electron chi connectivity index (χ0n) is 6.38. The van der Waals surface area contributed by atoms with Crippen molar-refractivity contribution in [3.8, 4) is 0 Å². The fourth-order valence-corrected chi connectivity index (χ4v) is 0.620. The summed E-state index contributed by atoms with van der Waals surface area (Å²) in [5.74, 6) is 1.32. The number of nitrogens with one attached hydrogen (secondary N) is 1. The largest absolute Gasteiger partial charge is 0.340 e. The average Bonchev–Trinajstić information content (AvgIpc) is 2.34. The maximum absolute atomic E-state index is 4.79. The quantitative estimate of drug-likeness (QED) is 0.657. The Balaban J connectivity index is 2.74. The molecule has 1 N–H and O–H groups in total. The summed E-state index contributed by atoms with van der Waals surface area (Å²) in [4.78, 5) is 4.04. The van der Waals surface area contributed by atoms with Crippen molar-refractivity contribution in [1.29, 1.82) is 0 Å². The van der Waals surface area contributed by atoms with Crippen LogP contribution in [0.5, 0.6) is 0 Å². The Bertz CT molecular complexity index is 209. The molecule has 1 heterocycles. The van der Waals surface area contributed by atoms with Gasteiger partial charge in [0, 0.05) is 6.92 Å². The second kappa shape index (κ2) is 2.79. The molecule has 0 aliphatic rings. The van der Waals surface area contributed by atoms with Gasteiger partial charge in [-0.15, -0.1) is 0 Å². The van der Waals surface area contributed by atoms with Gasteiger partial charge in [0.1, 0.15) is 0 Å². The van der Waals surface area contributed by atoms with Crippen molar-refractivity contribution in [2.45, 2.75) is 19.9 Å². The number of aryl methyl sites for hydroxylation is 1. The molecule has 4 heteroatoms. The summed E-state index contributed by atoms with van der Waals surface area (Å²) < 4.78 is 4.79. The molecule has 56 valence electrons. The molecule has 0 saturated carbocycles. The molecular formula is C6H11N3O. The van der Waals surface area contributed by atoms with E-state index in [2.05, 4.69) is 15.5 Å². The van der Waals surface area contributed by atoms with Crippen LogP contribution < -0.4 is 5.32 Å². The highest BCUT2D eigenvalue weighted by molar-refractivity contribution is 4.89. The third-order valence-corrected chi connectivity index (χ3v) is 1.36. The van der Waals surface area contributed by atoms with Crippen LogP contribution in [-0.2, 0) is 0 Å². The van der Waals surface area contributed by atoms with Crippen LogP contribution in [0.25, 0.3) is 0 Å². The lowest BCUT2D eigenvalue weighted by Crippen LogP contribution is -2.13. The van der Waals surface area contributed by atoms with E-state index in [-0.39, 0.29) is 6.04 Å². The molecule has 1 rings (SSSR count). The first-order valence-corrected chi connectivity index (χ1v) is 3.21. The van der Waals surface area contributed by atoms with Crippen LogP contribution in [0.1, 0.15) is 24.7 Å². The van der Waals surface area contributed by atoms with E-state index in [1.165, 1.54) is 0 Å². The average molecular weight is 141 g/mol. The van der Waals surface area contributed by atoms with Crippen LogP contribution in [-0.4, -0.2) is 17.2 Å². The van der Waals surface area contributed by atoms with E-state index >= 15 is 0 Å². The molecule has 0 aromatic carbocycles. The third-order valence-electron chi connectivity index (χ3n) is 1.36. The maximum Gasteiger partial charge on any atom is 0.223 e. The van der Waals surface area contributed by atoms with E-state index in [1.807, 2.05) is 14.0 Å². The molecule has 1 unspecified atom stereocenters. The molecule has 4 nitrogen and oxygen atoms in total. The molecule has 0 spiro atoms. The molecule has 0 saturated heterocycles. The molecular weight excluding hydrogens is 130 g/mol. The normalized spacial score (nSPS) is 13.5. The Labute approximate surface area is 59.6 Å². The SMILES string of the molecule is CNC(C)c1noc(C)n1. The monoisotopic (exact) mass is 141 g/mol. The van der Waals surface area contributed by atoms with Gasteiger partial charge in [0.25, 0.3) is 0 Å². The van der Waals surface area contributed by atoms with Crippen molar-refractivity contribution < 1.29 is 4.52 Å². The van der Waals surface area contributed by atoms with Gasteiger partial charge < -0.3 is 9.84 Å². The van der Waals surface area contributed by atoms with Crippen molar-refractivity contribution in [3.63, 3.8) is 0 Å². The molecule has 0 fully saturated rings. The summed E-state index contributed by atoms with van der Waals surface area (Å²) >= 11 is 0. The van der Waals surface area contributed by atoms with E-state index in [4.69, 9.17) is 4.52 Å². The maximum atomic E-state index is 4.79. The first-order valence-electron chi connectivity index (χ1n) is 3.21. The lowest BCUT2D eigenvalue weighted by Gasteiger charge is -2.01. The molecule has 0 aliphatic carbocycles. The van der Waals surface area contributed by atoms with E-state index < -0.39 is 0 Å². The first-order chi connectivity index (χ1) is 4.74. The highest BCUT2D eigenvalue weighted by atomic mass is 16.5. The Morgan fingerprint density at radius 1 is 1.60 bits per heavy atom. The van der Waals surface area contributed by atoms with Crippen LogP contribution in [0, 0.1) is 6.92 Å². The van der Waals surface area contributed by atoms with Crippen LogP contribution in [0.15, 0.2) is 4.52 Å². The lowest BCUT2D eigenvalue weighted by atomic mass is 10.3. The second-order valence-electron chi connectivity index (χ2n) is 2.18. The topological polar surface area (TPSA) is 51.0 Å². The number of hydrogen-bond acceptors (Lipinski definition) is 4. The number of hydrogen-bond donors (Lipinski definition) is 1. The van der Waals surface area contributed by atoms with Crippen molar-refractivity contribution >= 4 is 0 Å². The fourth-order valence-electron chi connectivity index (χ4n) is 0.620. The summed E-state index contributed by atoms with van der Waals surface area (Å²) in [6.07, 6.45) is 0. The lowest BCUT2D eigenvalue weighted by molar-refractivity contribution is 0.381.